The van der Waals surface area contributed by atoms with Gasteiger partial charge in [0.15, 0.2) is 0 Å². The molecule has 4 aliphatic rings. The predicted molar refractivity (Wildman–Crippen MR) is 184 cm³/mol. The molecule has 0 unspecified atom stereocenters. The minimum absolute atomic E-state index is 0.0404. The van der Waals surface area contributed by atoms with Gasteiger partial charge >= 0.3 is 6.18 Å². The van der Waals surface area contributed by atoms with Gasteiger partial charge in [-0.1, -0.05) is 18.2 Å². The van der Waals surface area contributed by atoms with Crippen molar-refractivity contribution in [2.24, 2.45) is 17.6 Å². The summed E-state index contributed by atoms with van der Waals surface area (Å²) in [5.74, 6) is -2.10. The number of nitrogens with two attached hydrogens (primary N) is 1. The van der Waals surface area contributed by atoms with Crippen LogP contribution in [-0.4, -0.2) is 107 Å². The first kappa shape index (κ1) is 37.3. The number of methoxy groups -OCH3 is 3. The van der Waals surface area contributed by atoms with Gasteiger partial charge in [0, 0.05) is 88.9 Å². The van der Waals surface area contributed by atoms with Crippen molar-refractivity contribution < 1.29 is 41.4 Å². The minimum atomic E-state index is -4.56. The molecule has 9 nitrogen and oxygen atoms in total. The first-order valence-electron chi connectivity index (χ1n) is 18.0. The Labute approximate surface area is 297 Å². The van der Waals surface area contributed by atoms with E-state index in [9.17, 15) is 22.8 Å². The highest BCUT2D eigenvalue weighted by Gasteiger charge is 2.57. The molecule has 280 valence electrons. The van der Waals surface area contributed by atoms with E-state index in [2.05, 4.69) is 4.90 Å². The lowest BCUT2D eigenvalue weighted by Crippen LogP contribution is -2.50. The summed E-state index contributed by atoms with van der Waals surface area (Å²) in [4.78, 5) is 32.1. The van der Waals surface area contributed by atoms with E-state index in [4.69, 9.17) is 19.9 Å². The zero-order valence-corrected chi connectivity index (χ0v) is 29.7. The lowest BCUT2D eigenvalue weighted by atomic mass is 9.85. The largest absolute Gasteiger partial charge is 0.497 e. The van der Waals surface area contributed by atoms with Gasteiger partial charge in [-0.25, -0.2) is 4.39 Å². The number of likely N-dealkylation sites (tertiary alicyclic amines) is 2. The number of ether oxygens (including phenoxy) is 3. The van der Waals surface area contributed by atoms with Gasteiger partial charge in [0.1, 0.15) is 5.75 Å². The topological polar surface area (TPSA) is 97.6 Å². The number of alkyl halides is 4. The third-order valence-corrected chi connectivity index (χ3v) is 11.9. The second kappa shape index (κ2) is 15.3. The number of carbonyl (C=O) groups is 2. The molecule has 2 N–H and O–H groups in total. The number of halogens is 4. The van der Waals surface area contributed by atoms with Crippen molar-refractivity contribution in [1.82, 2.24) is 9.80 Å². The molecule has 3 heterocycles. The van der Waals surface area contributed by atoms with E-state index in [1.54, 1.807) is 38.4 Å². The zero-order valence-electron chi connectivity index (χ0n) is 29.7. The number of benzene rings is 2. The van der Waals surface area contributed by atoms with Gasteiger partial charge in [0.2, 0.25) is 11.6 Å². The number of hydrogen-bond acceptors (Lipinski definition) is 7. The van der Waals surface area contributed by atoms with Gasteiger partial charge in [-0.05, 0) is 73.9 Å². The molecule has 0 aromatic heterocycles. The second-order valence-corrected chi connectivity index (χ2v) is 14.8. The minimum Gasteiger partial charge on any atom is -0.497 e. The molecule has 3 aliphatic heterocycles. The molecule has 1 saturated carbocycles. The average molecular weight is 719 g/mol. The molecule has 4 fully saturated rings. The van der Waals surface area contributed by atoms with Gasteiger partial charge in [-0.3, -0.25) is 14.5 Å². The SMILES string of the molecule is COC[C@H]1CN(C(=O)[C@]2(F)CN(C3CCC(OC)CC3)C[C@H]2c2ccc(OC)cc2)C[C@@H]1c1ccc(C(F)(F)F)cc1N1CCC(C(N)=O)CC1. The molecule has 2 aromatic rings. The van der Waals surface area contributed by atoms with Crippen molar-refractivity contribution >= 4 is 17.5 Å². The number of carbonyl (C=O) groups excluding carboxylic acids is 2. The van der Waals surface area contributed by atoms with Crippen LogP contribution in [0.25, 0.3) is 0 Å². The summed E-state index contributed by atoms with van der Waals surface area (Å²) in [6, 6.07) is 11.1. The van der Waals surface area contributed by atoms with Crippen molar-refractivity contribution in [3.63, 3.8) is 0 Å². The Morgan fingerprint density at radius 2 is 1.61 bits per heavy atom. The van der Waals surface area contributed by atoms with Crippen LogP contribution in [0.4, 0.5) is 23.2 Å². The fraction of sp³-hybridized carbons (Fsp3) is 0.632. The van der Waals surface area contributed by atoms with Gasteiger partial charge < -0.3 is 29.7 Å². The molecule has 6 rings (SSSR count). The van der Waals surface area contributed by atoms with Gasteiger partial charge in [0.05, 0.1) is 25.4 Å². The van der Waals surface area contributed by atoms with Gasteiger partial charge in [0.25, 0.3) is 5.91 Å². The fourth-order valence-corrected chi connectivity index (χ4v) is 8.94. The Morgan fingerprint density at radius 3 is 2.20 bits per heavy atom. The van der Waals surface area contributed by atoms with E-state index in [1.807, 2.05) is 17.0 Å². The molecule has 2 aromatic carbocycles. The lowest BCUT2D eigenvalue weighted by Gasteiger charge is -2.35. The highest BCUT2D eigenvalue weighted by atomic mass is 19.4. The van der Waals surface area contributed by atoms with Crippen LogP contribution in [-0.2, 0) is 25.2 Å². The maximum Gasteiger partial charge on any atom is 0.416 e. The molecular formula is C38H50F4N4O5. The van der Waals surface area contributed by atoms with Crippen LogP contribution in [0.3, 0.4) is 0 Å². The maximum atomic E-state index is 17.8. The summed E-state index contributed by atoms with van der Waals surface area (Å²) < 4.78 is 76.3. The second-order valence-electron chi connectivity index (χ2n) is 14.8. The Morgan fingerprint density at radius 1 is 0.922 bits per heavy atom. The number of amides is 2. The highest BCUT2D eigenvalue weighted by Crippen LogP contribution is 2.47. The lowest BCUT2D eigenvalue weighted by molar-refractivity contribution is -0.143. The molecule has 51 heavy (non-hydrogen) atoms. The Bertz CT molecular complexity index is 1530. The summed E-state index contributed by atoms with van der Waals surface area (Å²) in [6.45, 7) is 1.68. The summed E-state index contributed by atoms with van der Waals surface area (Å²) in [5, 5.41) is 0. The van der Waals surface area contributed by atoms with E-state index >= 15 is 4.39 Å². The van der Waals surface area contributed by atoms with Crippen LogP contribution in [0.15, 0.2) is 42.5 Å². The smallest absolute Gasteiger partial charge is 0.416 e. The Balaban J connectivity index is 1.30. The van der Waals surface area contributed by atoms with E-state index < -0.39 is 41.1 Å². The molecule has 13 heteroatoms. The van der Waals surface area contributed by atoms with Crippen LogP contribution in [0, 0.1) is 11.8 Å². The molecular weight excluding hydrogens is 668 g/mol. The number of nitrogens with zero attached hydrogens (tertiary/aromatic N) is 3. The Hall–Kier alpha value is -3.42. The summed E-state index contributed by atoms with van der Waals surface area (Å²) in [5.41, 5.74) is 4.33. The van der Waals surface area contributed by atoms with Crippen molar-refractivity contribution in [3.05, 3.63) is 59.2 Å². The highest BCUT2D eigenvalue weighted by molar-refractivity contribution is 5.88. The van der Waals surface area contributed by atoms with Gasteiger partial charge in [-0.2, -0.15) is 13.2 Å². The van der Waals surface area contributed by atoms with Crippen molar-refractivity contribution in [2.45, 2.75) is 74.4 Å². The molecule has 2 amide bonds. The Kier molecular flexibility index (Phi) is 11.2. The third-order valence-electron chi connectivity index (χ3n) is 11.9. The van der Waals surface area contributed by atoms with Crippen molar-refractivity contribution in [3.8, 4) is 5.75 Å². The van der Waals surface area contributed by atoms with Crippen molar-refractivity contribution in [2.75, 3.05) is 72.1 Å². The summed E-state index contributed by atoms with van der Waals surface area (Å²) >= 11 is 0. The third kappa shape index (κ3) is 7.71. The number of rotatable bonds is 10. The first-order valence-corrected chi connectivity index (χ1v) is 18.0. The molecule has 1 aliphatic carbocycles. The zero-order chi connectivity index (χ0) is 36.5. The number of anilines is 1. The van der Waals surface area contributed by atoms with E-state index in [-0.39, 0.29) is 50.2 Å². The van der Waals surface area contributed by atoms with Gasteiger partial charge in [-0.15, -0.1) is 0 Å². The first-order chi connectivity index (χ1) is 24.4. The quantitative estimate of drug-likeness (QED) is 0.330. The van der Waals surface area contributed by atoms with E-state index in [0.29, 0.717) is 55.0 Å². The predicted octanol–water partition coefficient (Wildman–Crippen LogP) is 5.37. The number of hydrogen-bond donors (Lipinski definition) is 1. The molecule has 0 spiro atoms. The maximum absolute atomic E-state index is 17.8. The van der Waals surface area contributed by atoms with Crippen molar-refractivity contribution in [1.29, 1.82) is 0 Å². The van der Waals surface area contributed by atoms with E-state index in [0.717, 1.165) is 37.8 Å². The summed E-state index contributed by atoms with van der Waals surface area (Å²) in [7, 11) is 4.83. The van der Waals surface area contributed by atoms with Crippen LogP contribution in [0.2, 0.25) is 0 Å². The van der Waals surface area contributed by atoms with Crippen LogP contribution in [0.5, 0.6) is 5.75 Å². The molecule has 4 atom stereocenters. The molecule has 0 bridgehead atoms. The number of primary amides is 1. The number of piperidine rings is 1. The van der Waals surface area contributed by atoms with Crippen LogP contribution >= 0.6 is 0 Å². The standard InChI is InChI=1S/C38H50F4N4O5/c1-49-22-26-19-45(20-32(26)31-13-6-27(38(40,41)42)18-34(31)44-16-14-25(15-17-44)35(43)47)36(48)37(39)23-46(28-7-11-30(51-3)12-8-28)21-33(37)24-4-9-29(50-2)10-5-24/h4-6,9-10,13,18,25-26,28,30,32-33H,7-8,11-12,14-17,19-23H2,1-3H3,(H2,43,47)/t26-,28?,30?,32+,33+,37+/m1/s1. The summed E-state index contributed by atoms with van der Waals surface area (Å²) in [6.07, 6.45) is -0.0512. The van der Waals surface area contributed by atoms with Crippen LogP contribution < -0.4 is 15.4 Å². The average Bonchev–Trinajstić information content (AvgIpc) is 3.72. The fourth-order valence-electron chi connectivity index (χ4n) is 8.94. The monoisotopic (exact) mass is 718 g/mol. The molecule has 0 radical (unpaired) electrons. The molecule has 3 saturated heterocycles. The van der Waals surface area contributed by atoms with Crippen LogP contribution in [0.1, 0.15) is 67.1 Å². The van der Waals surface area contributed by atoms with E-state index in [1.165, 1.54) is 6.07 Å². The normalized spacial score (nSPS) is 29.4.